The molecule has 138 valence electrons. The van der Waals surface area contributed by atoms with E-state index in [0.29, 0.717) is 16.2 Å². The fourth-order valence-corrected chi connectivity index (χ4v) is 3.49. The van der Waals surface area contributed by atoms with Crippen molar-refractivity contribution in [3.05, 3.63) is 12.7 Å². The van der Waals surface area contributed by atoms with Gasteiger partial charge < -0.3 is 24.7 Å². The molecule has 2 aromatic rings. The maximum atomic E-state index is 10.9. The van der Waals surface area contributed by atoms with Crippen molar-refractivity contribution in [1.82, 2.24) is 19.5 Å². The van der Waals surface area contributed by atoms with Gasteiger partial charge in [0.25, 0.3) is 0 Å². The summed E-state index contributed by atoms with van der Waals surface area (Å²) < 4.78 is 22.5. The zero-order valence-corrected chi connectivity index (χ0v) is 14.8. The molecular weight excluding hydrogens is 375 g/mol. The summed E-state index contributed by atoms with van der Waals surface area (Å²) in [7, 11) is -4.74. The molecule has 3 rings (SSSR count). The fraction of sp³-hybridized carbons (Fsp3) is 0.583. The number of thiol groups is 1. The third kappa shape index (κ3) is 3.20. The average molecular weight is 392 g/mol. The van der Waals surface area contributed by atoms with E-state index in [1.165, 1.54) is 17.2 Å². The summed E-state index contributed by atoms with van der Waals surface area (Å²) >= 11 is 4.20. The SMILES string of the molecule is CC[C@@]1(n2cnc3c(S)ncnc32)O[C@H](COP(=O)(O)O)[C@@H](O)[C@H]1O. The summed E-state index contributed by atoms with van der Waals surface area (Å²) in [5.74, 6) is 0. The Balaban J connectivity index is 1.99. The third-order valence-corrected chi connectivity index (χ3v) is 4.97. The lowest BCUT2D eigenvalue weighted by Gasteiger charge is -2.32. The smallest absolute Gasteiger partial charge is 0.387 e. The molecule has 0 saturated carbocycles. The summed E-state index contributed by atoms with van der Waals surface area (Å²) in [6, 6.07) is 0. The second kappa shape index (κ2) is 6.56. The van der Waals surface area contributed by atoms with Crippen LogP contribution in [0.15, 0.2) is 17.7 Å². The number of aliphatic hydroxyl groups is 2. The van der Waals surface area contributed by atoms with Crippen LogP contribution in [-0.4, -0.2) is 64.4 Å². The van der Waals surface area contributed by atoms with Gasteiger partial charge in [0.1, 0.15) is 35.2 Å². The lowest BCUT2D eigenvalue weighted by molar-refractivity contribution is -0.147. The first-order chi connectivity index (χ1) is 11.7. The number of imidazole rings is 1. The standard InChI is InChI=1S/C12H17N4O7PS/c1-2-12(16-5-15-7-10(16)13-4-14-11(7)25)9(18)8(17)6(23-12)3-22-24(19,20)21/h4-6,8-9,17-18H,2-3H2,1H3,(H,13,14,25)(H2,19,20,21)/t6-,8-,9-,12-/m1/s1. The second-order valence-corrected chi connectivity index (χ2v) is 7.22. The van der Waals surface area contributed by atoms with Gasteiger partial charge in [0.15, 0.2) is 11.4 Å². The van der Waals surface area contributed by atoms with Crippen molar-refractivity contribution in [2.45, 2.75) is 42.4 Å². The predicted octanol–water partition coefficient (Wildman–Crippen LogP) is -0.592. The van der Waals surface area contributed by atoms with Crippen molar-refractivity contribution in [3.63, 3.8) is 0 Å². The molecule has 1 aliphatic rings. The van der Waals surface area contributed by atoms with Gasteiger partial charge in [-0.1, -0.05) is 6.92 Å². The highest BCUT2D eigenvalue weighted by Crippen LogP contribution is 2.42. The Morgan fingerprint density at radius 1 is 1.40 bits per heavy atom. The number of ether oxygens (including phenoxy) is 1. The summed E-state index contributed by atoms with van der Waals surface area (Å²) in [4.78, 5) is 29.8. The van der Waals surface area contributed by atoms with Crippen molar-refractivity contribution in [2.75, 3.05) is 6.61 Å². The van der Waals surface area contributed by atoms with Gasteiger partial charge in [0, 0.05) is 0 Å². The molecule has 0 spiro atoms. The Kier molecular flexibility index (Phi) is 4.90. The molecule has 2 aromatic heterocycles. The minimum Gasteiger partial charge on any atom is -0.387 e. The molecule has 3 heterocycles. The zero-order chi connectivity index (χ0) is 18.4. The highest BCUT2D eigenvalue weighted by Gasteiger charge is 2.55. The molecule has 0 aliphatic carbocycles. The quantitative estimate of drug-likeness (QED) is 0.253. The summed E-state index contributed by atoms with van der Waals surface area (Å²) in [5, 5.41) is 21.2. The molecule has 0 unspecified atom stereocenters. The number of phosphoric ester groups is 1. The van der Waals surface area contributed by atoms with E-state index < -0.39 is 38.5 Å². The van der Waals surface area contributed by atoms with Gasteiger partial charge in [-0.05, 0) is 6.42 Å². The first kappa shape index (κ1) is 18.7. The van der Waals surface area contributed by atoms with E-state index in [9.17, 15) is 14.8 Å². The van der Waals surface area contributed by atoms with Crippen LogP contribution in [0.1, 0.15) is 13.3 Å². The minimum atomic E-state index is -4.74. The van der Waals surface area contributed by atoms with Crippen LogP contribution in [0.2, 0.25) is 0 Å². The maximum Gasteiger partial charge on any atom is 0.469 e. The molecular formula is C12H17N4O7PS. The molecule has 0 amide bonds. The van der Waals surface area contributed by atoms with Crippen molar-refractivity contribution >= 4 is 31.6 Å². The van der Waals surface area contributed by atoms with Gasteiger partial charge >= 0.3 is 7.82 Å². The van der Waals surface area contributed by atoms with Crippen LogP contribution in [-0.2, 0) is 19.6 Å². The Labute approximate surface area is 147 Å². The molecule has 25 heavy (non-hydrogen) atoms. The van der Waals surface area contributed by atoms with Crippen molar-refractivity contribution in [2.24, 2.45) is 0 Å². The molecule has 4 atom stereocenters. The predicted molar refractivity (Wildman–Crippen MR) is 85.7 cm³/mol. The molecule has 0 radical (unpaired) electrons. The van der Waals surface area contributed by atoms with Crippen LogP contribution >= 0.6 is 20.5 Å². The first-order valence-electron chi connectivity index (χ1n) is 7.31. The lowest BCUT2D eigenvalue weighted by Crippen LogP contribution is -2.45. The maximum absolute atomic E-state index is 10.9. The van der Waals surface area contributed by atoms with Crippen molar-refractivity contribution < 1.29 is 33.8 Å². The van der Waals surface area contributed by atoms with Crippen LogP contribution in [0.4, 0.5) is 0 Å². The number of phosphoric acid groups is 1. The Morgan fingerprint density at radius 3 is 2.76 bits per heavy atom. The average Bonchev–Trinajstić information content (AvgIpc) is 3.08. The topological polar surface area (TPSA) is 160 Å². The van der Waals surface area contributed by atoms with Crippen LogP contribution in [0.5, 0.6) is 0 Å². The van der Waals surface area contributed by atoms with E-state index in [2.05, 4.69) is 32.1 Å². The monoisotopic (exact) mass is 392 g/mol. The number of nitrogens with zero attached hydrogens (tertiary/aromatic N) is 4. The summed E-state index contributed by atoms with van der Waals surface area (Å²) in [6.07, 6.45) is -1.12. The summed E-state index contributed by atoms with van der Waals surface area (Å²) in [6.45, 7) is 1.13. The normalized spacial score (nSPS) is 30.2. The van der Waals surface area contributed by atoms with Crippen LogP contribution < -0.4 is 0 Å². The molecule has 0 aromatic carbocycles. The van der Waals surface area contributed by atoms with Gasteiger partial charge in [-0.25, -0.2) is 19.5 Å². The lowest BCUT2D eigenvalue weighted by atomic mass is 10.00. The first-order valence-corrected chi connectivity index (χ1v) is 9.29. The van der Waals surface area contributed by atoms with Crippen LogP contribution in [0.25, 0.3) is 11.2 Å². The molecule has 0 bridgehead atoms. The number of aromatic nitrogens is 4. The molecule has 13 heteroatoms. The number of aliphatic hydroxyl groups excluding tert-OH is 2. The van der Waals surface area contributed by atoms with Crippen LogP contribution in [0, 0.1) is 0 Å². The van der Waals surface area contributed by atoms with Gasteiger partial charge in [-0.3, -0.25) is 9.09 Å². The van der Waals surface area contributed by atoms with E-state index in [1.807, 2.05) is 0 Å². The van der Waals surface area contributed by atoms with Gasteiger partial charge in [0.05, 0.1) is 12.9 Å². The Morgan fingerprint density at radius 2 is 2.12 bits per heavy atom. The van der Waals surface area contributed by atoms with Gasteiger partial charge in [0.2, 0.25) is 0 Å². The minimum absolute atomic E-state index is 0.217. The second-order valence-electron chi connectivity index (χ2n) is 5.56. The Hall–Kier alpha value is -1.11. The number of hydrogen-bond acceptors (Lipinski definition) is 9. The van der Waals surface area contributed by atoms with Gasteiger partial charge in [-0.2, -0.15) is 0 Å². The molecule has 1 fully saturated rings. The fourth-order valence-electron chi connectivity index (χ4n) is 2.94. The number of rotatable bonds is 5. The highest BCUT2D eigenvalue weighted by molar-refractivity contribution is 7.80. The van der Waals surface area contributed by atoms with E-state index >= 15 is 0 Å². The number of hydrogen-bond donors (Lipinski definition) is 5. The van der Waals surface area contributed by atoms with E-state index in [1.54, 1.807) is 6.92 Å². The van der Waals surface area contributed by atoms with E-state index in [4.69, 9.17) is 14.5 Å². The number of fused-ring (bicyclic) bond motifs is 1. The molecule has 11 nitrogen and oxygen atoms in total. The van der Waals surface area contributed by atoms with E-state index in [-0.39, 0.29) is 6.42 Å². The highest BCUT2D eigenvalue weighted by atomic mass is 32.1. The van der Waals surface area contributed by atoms with Gasteiger partial charge in [-0.15, -0.1) is 12.6 Å². The van der Waals surface area contributed by atoms with Crippen LogP contribution in [0.3, 0.4) is 0 Å². The zero-order valence-electron chi connectivity index (χ0n) is 13.0. The molecule has 4 N–H and O–H groups in total. The molecule has 1 saturated heterocycles. The summed E-state index contributed by atoms with van der Waals surface area (Å²) in [5.41, 5.74) is -0.713. The van der Waals surface area contributed by atoms with E-state index in [0.717, 1.165) is 0 Å². The largest absolute Gasteiger partial charge is 0.469 e. The Bertz CT molecular complexity index is 829. The van der Waals surface area contributed by atoms with Crippen molar-refractivity contribution in [1.29, 1.82) is 0 Å². The third-order valence-electron chi connectivity index (χ3n) is 4.16. The molecule has 1 aliphatic heterocycles. The van der Waals surface area contributed by atoms with Crippen molar-refractivity contribution in [3.8, 4) is 0 Å².